The minimum absolute atomic E-state index is 0.0477. The molecule has 2 aromatic carbocycles. The van der Waals surface area contributed by atoms with Gasteiger partial charge in [0.15, 0.2) is 0 Å². The third kappa shape index (κ3) is 5.10. The summed E-state index contributed by atoms with van der Waals surface area (Å²) >= 11 is 1.47. The van der Waals surface area contributed by atoms with Crippen LogP contribution in [0.3, 0.4) is 0 Å². The van der Waals surface area contributed by atoms with E-state index in [2.05, 4.69) is 20.1 Å². The van der Waals surface area contributed by atoms with Crippen LogP contribution in [0.2, 0.25) is 0 Å². The second kappa shape index (κ2) is 9.43. The fraction of sp³-hybridized carbons (Fsp3) is 0.136. The predicted octanol–water partition coefficient (Wildman–Crippen LogP) is 3.30. The van der Waals surface area contributed by atoms with Crippen molar-refractivity contribution < 1.29 is 13.2 Å². The van der Waals surface area contributed by atoms with Crippen LogP contribution in [0.5, 0.6) is 0 Å². The molecule has 4 aromatic rings. The number of aromatic nitrogens is 3. The van der Waals surface area contributed by atoms with Gasteiger partial charge in [0.05, 0.1) is 16.6 Å². The summed E-state index contributed by atoms with van der Waals surface area (Å²) in [5.74, 6) is -0.354. The van der Waals surface area contributed by atoms with Gasteiger partial charge in [0.1, 0.15) is 12.7 Å². The van der Waals surface area contributed by atoms with Gasteiger partial charge in [-0.05, 0) is 54.3 Å². The minimum atomic E-state index is -3.74. The van der Waals surface area contributed by atoms with E-state index in [9.17, 15) is 13.2 Å². The number of sulfonamides is 1. The molecule has 164 valence electrons. The zero-order valence-corrected chi connectivity index (χ0v) is 18.8. The first kappa shape index (κ1) is 21.9. The summed E-state index contributed by atoms with van der Waals surface area (Å²) in [6.45, 7) is 2.07. The summed E-state index contributed by atoms with van der Waals surface area (Å²) in [5.41, 5.74) is 2.04. The maximum Gasteiger partial charge on any atom is 0.251 e. The van der Waals surface area contributed by atoms with Crippen molar-refractivity contribution in [3.05, 3.63) is 94.7 Å². The maximum absolute atomic E-state index is 12.8. The molecule has 0 saturated heterocycles. The molecule has 0 spiro atoms. The molecule has 2 aromatic heterocycles. The van der Waals surface area contributed by atoms with Crippen LogP contribution in [-0.4, -0.2) is 29.1 Å². The Morgan fingerprint density at radius 3 is 2.62 bits per heavy atom. The molecule has 4 rings (SSSR count). The maximum atomic E-state index is 12.8. The van der Waals surface area contributed by atoms with Crippen molar-refractivity contribution in [1.29, 1.82) is 0 Å². The molecule has 1 amide bonds. The lowest BCUT2D eigenvalue weighted by Crippen LogP contribution is -2.27. The fourth-order valence-corrected chi connectivity index (χ4v) is 4.88. The van der Waals surface area contributed by atoms with Gasteiger partial charge < -0.3 is 5.32 Å². The zero-order valence-electron chi connectivity index (χ0n) is 17.2. The molecule has 0 aliphatic rings. The monoisotopic (exact) mass is 467 g/mol. The largest absolute Gasteiger partial charge is 0.346 e. The lowest BCUT2D eigenvalue weighted by atomic mass is 10.1. The van der Waals surface area contributed by atoms with Crippen molar-refractivity contribution in [3.8, 4) is 5.69 Å². The van der Waals surface area contributed by atoms with E-state index in [1.54, 1.807) is 23.1 Å². The number of carbonyl (C=O) groups excluding carboxylic acids is 1. The van der Waals surface area contributed by atoms with Crippen LogP contribution in [0.15, 0.2) is 83.6 Å². The number of nitrogens with one attached hydrogen (secondary N) is 2. The summed E-state index contributed by atoms with van der Waals surface area (Å²) in [4.78, 5) is 17.6. The van der Waals surface area contributed by atoms with Crippen LogP contribution in [0.4, 0.5) is 0 Å². The molecule has 32 heavy (non-hydrogen) atoms. The SMILES string of the molecule is C[C@@H](NC(=O)c1cccc(S(=O)(=O)NCc2cccs2)c1)c1ccc(-n2cncn2)cc1. The van der Waals surface area contributed by atoms with E-state index in [0.717, 1.165) is 16.1 Å². The van der Waals surface area contributed by atoms with Crippen LogP contribution < -0.4 is 10.0 Å². The molecule has 10 heteroatoms. The summed E-state index contributed by atoms with van der Waals surface area (Å²) in [6, 6.07) is 17.0. The van der Waals surface area contributed by atoms with E-state index in [1.165, 1.54) is 29.8 Å². The molecule has 0 saturated carbocycles. The standard InChI is InChI=1S/C22H21N5O3S2/c1-16(17-7-9-19(10-8-17)27-15-23-14-24-27)26-22(28)18-4-2-6-21(12-18)32(29,30)25-13-20-5-3-11-31-20/h2-12,14-16,25H,13H2,1H3,(H,26,28)/t16-/m1/s1. The fourth-order valence-electron chi connectivity index (χ4n) is 3.09. The Bertz CT molecular complexity index is 1290. The quantitative estimate of drug-likeness (QED) is 0.414. The highest BCUT2D eigenvalue weighted by molar-refractivity contribution is 7.89. The highest BCUT2D eigenvalue weighted by Gasteiger charge is 2.18. The van der Waals surface area contributed by atoms with Crippen molar-refractivity contribution in [2.24, 2.45) is 0 Å². The second-order valence-corrected chi connectivity index (χ2v) is 9.86. The molecule has 1 atom stereocenters. The molecule has 0 fully saturated rings. The highest BCUT2D eigenvalue weighted by Crippen LogP contribution is 2.18. The first-order valence-electron chi connectivity index (χ1n) is 9.80. The van der Waals surface area contributed by atoms with Crippen LogP contribution in [0, 0.1) is 0 Å². The van der Waals surface area contributed by atoms with Crippen molar-refractivity contribution in [2.75, 3.05) is 0 Å². The molecule has 8 nitrogen and oxygen atoms in total. The second-order valence-electron chi connectivity index (χ2n) is 7.06. The number of hydrogen-bond acceptors (Lipinski definition) is 6. The Morgan fingerprint density at radius 2 is 1.94 bits per heavy atom. The average Bonchev–Trinajstić information content (AvgIpc) is 3.52. The van der Waals surface area contributed by atoms with Gasteiger partial charge in [0, 0.05) is 17.0 Å². The zero-order chi connectivity index (χ0) is 22.6. The molecule has 0 aliphatic heterocycles. The van der Waals surface area contributed by atoms with E-state index in [4.69, 9.17) is 0 Å². The van der Waals surface area contributed by atoms with Gasteiger partial charge in [-0.2, -0.15) is 5.10 Å². The first-order valence-corrected chi connectivity index (χ1v) is 12.2. The molecule has 2 heterocycles. The predicted molar refractivity (Wildman–Crippen MR) is 122 cm³/mol. The third-order valence-electron chi connectivity index (χ3n) is 4.85. The van der Waals surface area contributed by atoms with Gasteiger partial charge in [-0.3, -0.25) is 4.79 Å². The molecular formula is C22H21N5O3S2. The van der Waals surface area contributed by atoms with E-state index in [1.807, 2.05) is 48.7 Å². The Labute approximate surface area is 190 Å². The third-order valence-corrected chi connectivity index (χ3v) is 7.12. The normalized spacial score (nSPS) is 12.4. The van der Waals surface area contributed by atoms with Crippen LogP contribution in [0.1, 0.15) is 33.8 Å². The molecule has 0 bridgehead atoms. The number of amides is 1. The molecule has 0 unspecified atom stereocenters. The lowest BCUT2D eigenvalue weighted by Gasteiger charge is -2.15. The van der Waals surface area contributed by atoms with Crippen molar-refractivity contribution in [1.82, 2.24) is 24.8 Å². The van der Waals surface area contributed by atoms with Gasteiger partial charge in [0.25, 0.3) is 5.91 Å². The van der Waals surface area contributed by atoms with Gasteiger partial charge in [-0.1, -0.05) is 24.3 Å². The number of thiophene rings is 1. The Balaban J connectivity index is 1.43. The first-order chi connectivity index (χ1) is 15.4. The molecular weight excluding hydrogens is 446 g/mol. The number of nitrogens with zero attached hydrogens (tertiary/aromatic N) is 3. The van der Waals surface area contributed by atoms with Gasteiger partial charge in [0.2, 0.25) is 10.0 Å². The number of benzene rings is 2. The van der Waals surface area contributed by atoms with Crippen LogP contribution in [0.25, 0.3) is 5.69 Å². The molecule has 2 N–H and O–H groups in total. The lowest BCUT2D eigenvalue weighted by molar-refractivity contribution is 0.0939. The summed E-state index contributed by atoms with van der Waals surface area (Å²) < 4.78 is 29.5. The van der Waals surface area contributed by atoms with E-state index in [-0.39, 0.29) is 29.0 Å². The Kier molecular flexibility index (Phi) is 6.45. The summed E-state index contributed by atoms with van der Waals surface area (Å²) in [5, 5.41) is 8.89. The Hall–Kier alpha value is -3.34. The van der Waals surface area contributed by atoms with Crippen LogP contribution in [-0.2, 0) is 16.6 Å². The highest BCUT2D eigenvalue weighted by atomic mass is 32.2. The molecule has 0 aliphatic carbocycles. The van der Waals surface area contributed by atoms with Gasteiger partial charge in [-0.15, -0.1) is 11.3 Å². The summed E-state index contributed by atoms with van der Waals surface area (Å²) in [6.07, 6.45) is 3.07. The Morgan fingerprint density at radius 1 is 1.12 bits per heavy atom. The van der Waals surface area contributed by atoms with E-state index in [0.29, 0.717) is 0 Å². The minimum Gasteiger partial charge on any atom is -0.346 e. The number of hydrogen-bond donors (Lipinski definition) is 2. The summed E-state index contributed by atoms with van der Waals surface area (Å²) in [7, 11) is -3.74. The van der Waals surface area contributed by atoms with Crippen molar-refractivity contribution >= 4 is 27.3 Å². The number of rotatable bonds is 8. The van der Waals surface area contributed by atoms with Crippen LogP contribution >= 0.6 is 11.3 Å². The van der Waals surface area contributed by atoms with E-state index >= 15 is 0 Å². The van der Waals surface area contributed by atoms with Crippen molar-refractivity contribution in [3.63, 3.8) is 0 Å². The topological polar surface area (TPSA) is 106 Å². The van der Waals surface area contributed by atoms with E-state index < -0.39 is 10.0 Å². The van der Waals surface area contributed by atoms with Gasteiger partial charge >= 0.3 is 0 Å². The average molecular weight is 468 g/mol. The smallest absolute Gasteiger partial charge is 0.251 e. The van der Waals surface area contributed by atoms with Crippen molar-refractivity contribution in [2.45, 2.75) is 24.4 Å². The van der Waals surface area contributed by atoms with Gasteiger partial charge in [-0.25, -0.2) is 22.8 Å². The molecule has 0 radical (unpaired) electrons. The number of carbonyl (C=O) groups is 1.